The van der Waals surface area contributed by atoms with Gasteiger partial charge in [-0.2, -0.15) is 0 Å². The van der Waals surface area contributed by atoms with Crippen LogP contribution in [0.1, 0.15) is 21.5 Å². The number of thioether (sulfide) groups is 1. The number of aryl methyl sites for hydroxylation is 2. The molecule has 0 amide bonds. The minimum absolute atomic E-state index is 0.116. The van der Waals surface area contributed by atoms with Gasteiger partial charge in [0.15, 0.2) is 16.8 Å². The van der Waals surface area contributed by atoms with Crippen LogP contribution in [0.4, 0.5) is 0 Å². The van der Waals surface area contributed by atoms with E-state index in [-0.39, 0.29) is 5.78 Å². The van der Waals surface area contributed by atoms with Crippen molar-refractivity contribution in [1.29, 1.82) is 0 Å². The number of hydrogen-bond donors (Lipinski definition) is 0. The highest BCUT2D eigenvalue weighted by molar-refractivity contribution is 7.99. The fraction of sp³-hybridized carbons (Fsp3) is 0.211. The zero-order valence-corrected chi connectivity index (χ0v) is 14.8. The highest BCUT2D eigenvalue weighted by Crippen LogP contribution is 2.23. The molecule has 0 spiro atoms. The topological polar surface area (TPSA) is 47.8 Å². The number of nitrogens with zero attached hydrogens (tertiary/aromatic N) is 3. The number of carbonyl (C=O) groups is 1. The van der Waals surface area contributed by atoms with E-state index in [2.05, 4.69) is 10.2 Å². The summed E-state index contributed by atoms with van der Waals surface area (Å²) in [5, 5.41) is 9.21. The Hall–Kier alpha value is -2.40. The number of aromatic nitrogens is 3. The third-order valence-electron chi connectivity index (χ3n) is 3.89. The molecule has 0 aliphatic heterocycles. The van der Waals surface area contributed by atoms with Crippen molar-refractivity contribution in [2.24, 2.45) is 7.05 Å². The lowest BCUT2D eigenvalue weighted by molar-refractivity contribution is 0.102. The maximum atomic E-state index is 12.5. The zero-order chi connectivity index (χ0) is 17.1. The van der Waals surface area contributed by atoms with Crippen molar-refractivity contribution >= 4 is 17.5 Å². The lowest BCUT2D eigenvalue weighted by Gasteiger charge is -2.06. The van der Waals surface area contributed by atoms with Gasteiger partial charge < -0.3 is 4.57 Å². The summed E-state index contributed by atoms with van der Waals surface area (Å²) in [7, 11) is 1.92. The van der Waals surface area contributed by atoms with E-state index in [4.69, 9.17) is 0 Å². The normalized spacial score (nSPS) is 10.8. The smallest absolute Gasteiger partial charge is 0.191 e. The lowest BCUT2D eigenvalue weighted by Crippen LogP contribution is -2.06. The molecule has 5 heteroatoms. The average Bonchev–Trinajstić information content (AvgIpc) is 2.96. The molecule has 1 heterocycles. The average molecular weight is 337 g/mol. The van der Waals surface area contributed by atoms with Crippen LogP contribution in [-0.2, 0) is 7.05 Å². The largest absolute Gasteiger partial charge is 0.305 e. The molecule has 2 aromatic carbocycles. The van der Waals surface area contributed by atoms with Gasteiger partial charge in [0.1, 0.15) is 0 Å². The number of rotatable bonds is 5. The Balaban J connectivity index is 1.75. The van der Waals surface area contributed by atoms with Crippen molar-refractivity contribution in [2.75, 3.05) is 5.75 Å². The highest BCUT2D eigenvalue weighted by Gasteiger charge is 2.14. The minimum atomic E-state index is 0.116. The SMILES string of the molecule is Cc1ccc(C)c(C(=O)CSc2nnc(-c3ccccc3)n2C)c1. The number of Topliss-reactive ketones (excluding diaryl/α,β-unsaturated/α-hetero) is 1. The molecule has 0 radical (unpaired) electrons. The second-order valence-electron chi connectivity index (χ2n) is 5.76. The molecule has 122 valence electrons. The second kappa shape index (κ2) is 7.01. The van der Waals surface area contributed by atoms with Crippen molar-refractivity contribution in [3.8, 4) is 11.4 Å². The monoisotopic (exact) mass is 337 g/mol. The van der Waals surface area contributed by atoms with Gasteiger partial charge in [-0.3, -0.25) is 4.79 Å². The lowest BCUT2D eigenvalue weighted by atomic mass is 10.0. The van der Waals surface area contributed by atoms with E-state index in [1.165, 1.54) is 11.8 Å². The Kier molecular flexibility index (Phi) is 4.81. The van der Waals surface area contributed by atoms with Gasteiger partial charge in [0.25, 0.3) is 0 Å². The van der Waals surface area contributed by atoms with Gasteiger partial charge in [0.2, 0.25) is 0 Å². The summed E-state index contributed by atoms with van der Waals surface area (Å²) in [6.07, 6.45) is 0. The fourth-order valence-electron chi connectivity index (χ4n) is 2.52. The van der Waals surface area contributed by atoms with Gasteiger partial charge in [-0.1, -0.05) is 59.8 Å². The molecular weight excluding hydrogens is 318 g/mol. The standard InChI is InChI=1S/C19H19N3OS/c1-13-9-10-14(2)16(11-13)17(23)12-24-19-21-20-18(22(19)3)15-7-5-4-6-8-15/h4-11H,12H2,1-3H3. The van der Waals surface area contributed by atoms with E-state index in [1.807, 2.05) is 74.0 Å². The fourth-order valence-corrected chi connectivity index (χ4v) is 3.32. The Morgan fingerprint density at radius 2 is 1.83 bits per heavy atom. The summed E-state index contributed by atoms with van der Waals surface area (Å²) in [5.41, 5.74) is 3.90. The van der Waals surface area contributed by atoms with Gasteiger partial charge in [-0.15, -0.1) is 10.2 Å². The Bertz CT molecular complexity index is 872. The molecule has 4 nitrogen and oxygen atoms in total. The van der Waals surface area contributed by atoms with E-state index >= 15 is 0 Å². The molecule has 0 saturated heterocycles. The zero-order valence-electron chi connectivity index (χ0n) is 14.0. The van der Waals surface area contributed by atoms with Crippen LogP contribution < -0.4 is 0 Å². The van der Waals surface area contributed by atoms with Crippen molar-refractivity contribution < 1.29 is 4.79 Å². The van der Waals surface area contributed by atoms with Crippen LogP contribution in [0, 0.1) is 13.8 Å². The summed E-state index contributed by atoms with van der Waals surface area (Å²) in [4.78, 5) is 12.5. The number of ketones is 1. The summed E-state index contributed by atoms with van der Waals surface area (Å²) in [6, 6.07) is 15.9. The second-order valence-corrected chi connectivity index (χ2v) is 6.70. The Morgan fingerprint density at radius 3 is 2.58 bits per heavy atom. The molecule has 0 aliphatic rings. The quantitative estimate of drug-likeness (QED) is 0.520. The van der Waals surface area contributed by atoms with E-state index in [0.29, 0.717) is 5.75 Å². The summed E-state index contributed by atoms with van der Waals surface area (Å²) in [5.74, 6) is 1.27. The van der Waals surface area contributed by atoms with Crippen molar-refractivity contribution in [3.05, 3.63) is 65.2 Å². The van der Waals surface area contributed by atoms with Crippen LogP contribution in [0.5, 0.6) is 0 Å². The van der Waals surface area contributed by atoms with Crippen LogP contribution in [0.2, 0.25) is 0 Å². The van der Waals surface area contributed by atoms with Crippen molar-refractivity contribution in [2.45, 2.75) is 19.0 Å². The summed E-state index contributed by atoms with van der Waals surface area (Å²) < 4.78 is 1.93. The first-order valence-corrected chi connectivity index (χ1v) is 8.73. The molecule has 0 N–H and O–H groups in total. The van der Waals surface area contributed by atoms with Crippen molar-refractivity contribution in [1.82, 2.24) is 14.8 Å². The molecular formula is C19H19N3OS. The molecule has 0 bridgehead atoms. The van der Waals surface area contributed by atoms with Gasteiger partial charge >= 0.3 is 0 Å². The van der Waals surface area contributed by atoms with E-state index < -0.39 is 0 Å². The predicted molar refractivity (Wildman–Crippen MR) is 97.4 cm³/mol. The first kappa shape index (κ1) is 16.5. The van der Waals surface area contributed by atoms with Crippen LogP contribution in [0.3, 0.4) is 0 Å². The molecule has 24 heavy (non-hydrogen) atoms. The molecule has 3 rings (SSSR count). The van der Waals surface area contributed by atoms with Crippen LogP contribution in [-0.4, -0.2) is 26.3 Å². The first-order valence-electron chi connectivity index (χ1n) is 7.74. The Labute approximate surface area is 145 Å². The van der Waals surface area contributed by atoms with E-state index in [0.717, 1.165) is 33.2 Å². The molecule has 0 saturated carbocycles. The summed E-state index contributed by atoms with van der Waals surface area (Å²) >= 11 is 1.42. The van der Waals surface area contributed by atoms with Gasteiger partial charge in [0, 0.05) is 18.2 Å². The predicted octanol–water partition coefficient (Wildman–Crippen LogP) is 4.07. The third kappa shape index (κ3) is 3.41. The molecule has 0 unspecified atom stereocenters. The number of hydrogen-bond acceptors (Lipinski definition) is 4. The molecule has 3 aromatic rings. The summed E-state index contributed by atoms with van der Waals surface area (Å²) in [6.45, 7) is 3.96. The molecule has 1 aromatic heterocycles. The molecule has 0 aliphatic carbocycles. The maximum Gasteiger partial charge on any atom is 0.191 e. The van der Waals surface area contributed by atoms with Gasteiger partial charge in [-0.05, 0) is 25.5 Å². The minimum Gasteiger partial charge on any atom is -0.305 e. The maximum absolute atomic E-state index is 12.5. The van der Waals surface area contributed by atoms with E-state index in [9.17, 15) is 4.79 Å². The number of carbonyl (C=O) groups excluding carboxylic acids is 1. The van der Waals surface area contributed by atoms with Gasteiger partial charge in [0.05, 0.1) is 5.75 Å². The third-order valence-corrected chi connectivity index (χ3v) is 4.91. The molecule has 0 fully saturated rings. The Morgan fingerprint density at radius 1 is 1.08 bits per heavy atom. The first-order chi connectivity index (χ1) is 11.6. The highest BCUT2D eigenvalue weighted by atomic mass is 32.2. The van der Waals surface area contributed by atoms with Gasteiger partial charge in [-0.25, -0.2) is 0 Å². The van der Waals surface area contributed by atoms with Crippen molar-refractivity contribution in [3.63, 3.8) is 0 Å². The van der Waals surface area contributed by atoms with Crippen LogP contribution in [0.25, 0.3) is 11.4 Å². The van der Waals surface area contributed by atoms with Crippen LogP contribution in [0.15, 0.2) is 53.7 Å². The molecule has 0 atom stereocenters. The number of benzene rings is 2. The van der Waals surface area contributed by atoms with E-state index in [1.54, 1.807) is 0 Å². The van der Waals surface area contributed by atoms with Crippen LogP contribution >= 0.6 is 11.8 Å².